The van der Waals surface area contributed by atoms with E-state index < -0.39 is 5.60 Å². The molecule has 0 aliphatic carbocycles. The molecule has 2 atom stereocenters. The van der Waals surface area contributed by atoms with Crippen LogP contribution < -0.4 is 4.90 Å². The van der Waals surface area contributed by atoms with Gasteiger partial charge in [0.25, 0.3) is 0 Å². The van der Waals surface area contributed by atoms with Crippen LogP contribution in [0.1, 0.15) is 56.2 Å². The Morgan fingerprint density at radius 1 is 1.21 bits per heavy atom. The Bertz CT molecular complexity index is 984. The van der Waals surface area contributed by atoms with E-state index in [0.29, 0.717) is 25.5 Å². The number of aliphatic hydroxyl groups is 1. The van der Waals surface area contributed by atoms with Gasteiger partial charge in [-0.15, -0.1) is 0 Å². The molecule has 0 saturated carbocycles. The maximum atomic E-state index is 12.8. The molecule has 2 aliphatic heterocycles. The maximum Gasteiger partial charge on any atom is 0.227 e. The summed E-state index contributed by atoms with van der Waals surface area (Å²) in [5.74, 6) is 0.811. The van der Waals surface area contributed by atoms with Crippen LogP contribution in [0.4, 0.5) is 5.69 Å². The smallest absolute Gasteiger partial charge is 0.227 e. The Labute approximate surface area is 197 Å². The molecular weight excluding hydrogens is 414 g/mol. The third-order valence-electron chi connectivity index (χ3n) is 7.49. The molecule has 4 rings (SSSR count). The number of benzene rings is 1. The fraction of sp³-hybridized carbons (Fsp3) is 0.556. The quantitative estimate of drug-likeness (QED) is 0.662. The Hall–Kier alpha value is -2.28. The van der Waals surface area contributed by atoms with Crippen LogP contribution in [0.25, 0.3) is 0 Å². The van der Waals surface area contributed by atoms with Crippen molar-refractivity contribution in [3.8, 4) is 0 Å². The van der Waals surface area contributed by atoms with Crippen LogP contribution in [0, 0.1) is 11.3 Å². The lowest BCUT2D eigenvalue weighted by molar-refractivity contribution is -0.127. The first-order valence-corrected chi connectivity index (χ1v) is 11.9. The van der Waals surface area contributed by atoms with E-state index in [1.165, 1.54) is 5.56 Å². The van der Waals surface area contributed by atoms with Gasteiger partial charge in [0.1, 0.15) is 5.60 Å². The van der Waals surface area contributed by atoms with Crippen molar-refractivity contribution in [2.75, 3.05) is 45.3 Å². The highest BCUT2D eigenvalue weighted by molar-refractivity contribution is 5.95. The zero-order valence-corrected chi connectivity index (χ0v) is 20.5. The Balaban J connectivity index is 1.71. The van der Waals surface area contributed by atoms with E-state index in [1.807, 2.05) is 23.1 Å². The molecule has 1 amide bonds. The number of carbonyl (C=O) groups excluding carboxylic acids is 1. The Morgan fingerprint density at radius 2 is 1.91 bits per heavy atom. The van der Waals surface area contributed by atoms with Crippen molar-refractivity contribution in [2.45, 2.75) is 45.1 Å². The highest BCUT2D eigenvalue weighted by Crippen LogP contribution is 2.50. The number of nitrogens with zero attached hydrogens (tertiary/aromatic N) is 3. The van der Waals surface area contributed by atoms with Crippen LogP contribution in [-0.2, 0) is 15.1 Å². The molecule has 1 N–H and O–H groups in total. The fourth-order valence-corrected chi connectivity index (χ4v) is 5.63. The Morgan fingerprint density at radius 3 is 2.52 bits per heavy atom. The molecule has 1 aromatic carbocycles. The van der Waals surface area contributed by atoms with E-state index in [0.717, 1.165) is 36.3 Å². The number of pyridine rings is 1. The molecule has 2 aliphatic rings. The minimum Gasteiger partial charge on any atom is -0.385 e. The molecule has 0 spiro atoms. The zero-order chi connectivity index (χ0) is 23.8. The molecule has 1 aromatic heterocycles. The Kier molecular flexibility index (Phi) is 6.63. The second-order valence-corrected chi connectivity index (χ2v) is 10.5. The minimum atomic E-state index is -1.21. The van der Waals surface area contributed by atoms with E-state index in [-0.39, 0.29) is 17.2 Å². The van der Waals surface area contributed by atoms with E-state index in [2.05, 4.69) is 49.8 Å². The van der Waals surface area contributed by atoms with E-state index in [9.17, 15) is 9.90 Å². The van der Waals surface area contributed by atoms with Gasteiger partial charge >= 0.3 is 0 Å². The summed E-state index contributed by atoms with van der Waals surface area (Å²) >= 11 is 0. The predicted octanol–water partition coefficient (Wildman–Crippen LogP) is 3.78. The normalized spacial score (nSPS) is 22.5. The van der Waals surface area contributed by atoms with Gasteiger partial charge in [0.15, 0.2) is 0 Å². The van der Waals surface area contributed by atoms with Gasteiger partial charge in [-0.2, -0.15) is 0 Å². The molecule has 2 aromatic rings. The number of likely N-dealkylation sites (tertiary alicyclic amines) is 1. The van der Waals surface area contributed by atoms with Crippen molar-refractivity contribution in [2.24, 2.45) is 11.3 Å². The van der Waals surface area contributed by atoms with Gasteiger partial charge in [0, 0.05) is 56.9 Å². The van der Waals surface area contributed by atoms with Crippen LogP contribution in [0.2, 0.25) is 0 Å². The molecule has 33 heavy (non-hydrogen) atoms. The average molecular weight is 452 g/mol. The number of ether oxygens (including phenoxy) is 1. The lowest BCUT2D eigenvalue weighted by Gasteiger charge is -2.56. The zero-order valence-electron chi connectivity index (χ0n) is 20.5. The molecule has 6 heteroatoms. The number of hydrogen-bond acceptors (Lipinski definition) is 5. The van der Waals surface area contributed by atoms with Crippen molar-refractivity contribution in [1.82, 2.24) is 9.88 Å². The number of rotatable bonds is 8. The number of anilines is 1. The summed E-state index contributed by atoms with van der Waals surface area (Å²) in [7, 11) is 3.76. The molecule has 3 heterocycles. The van der Waals surface area contributed by atoms with Crippen molar-refractivity contribution in [1.29, 1.82) is 0 Å². The molecular formula is C27H37N3O3. The monoisotopic (exact) mass is 451 g/mol. The summed E-state index contributed by atoms with van der Waals surface area (Å²) < 4.78 is 5.20. The summed E-state index contributed by atoms with van der Waals surface area (Å²) in [5.41, 5.74) is 2.03. The summed E-state index contributed by atoms with van der Waals surface area (Å²) in [6, 6.07) is 10.3. The molecule has 178 valence electrons. The number of carbonyl (C=O) groups is 1. The van der Waals surface area contributed by atoms with Gasteiger partial charge in [-0.25, -0.2) is 0 Å². The minimum absolute atomic E-state index is 0.106. The molecule has 2 fully saturated rings. The lowest BCUT2D eigenvalue weighted by Crippen LogP contribution is -2.63. The van der Waals surface area contributed by atoms with Crippen LogP contribution in [0.15, 0.2) is 42.7 Å². The van der Waals surface area contributed by atoms with Gasteiger partial charge in [0.2, 0.25) is 5.91 Å². The fourth-order valence-electron chi connectivity index (χ4n) is 5.63. The van der Waals surface area contributed by atoms with Gasteiger partial charge < -0.3 is 19.6 Å². The second-order valence-electron chi connectivity index (χ2n) is 10.5. The van der Waals surface area contributed by atoms with Crippen LogP contribution in [0.3, 0.4) is 0 Å². The van der Waals surface area contributed by atoms with E-state index in [4.69, 9.17) is 4.74 Å². The van der Waals surface area contributed by atoms with Crippen LogP contribution in [-0.4, -0.2) is 61.3 Å². The van der Waals surface area contributed by atoms with E-state index >= 15 is 0 Å². The number of aromatic nitrogens is 1. The van der Waals surface area contributed by atoms with Crippen LogP contribution >= 0.6 is 0 Å². The standard InChI is InChI=1S/C27H37N3O3/c1-19(2)21-6-8-22(9-7-21)27(32,26(3)17-29(4)18-26)23-13-24(15-28-14-23)30-16-20(10-11-33-5)12-25(30)31/h6-9,13-15,19-20,32H,10-12,16-18H2,1-5H3/t20?,27-/m0/s1. The number of amides is 1. The largest absolute Gasteiger partial charge is 0.385 e. The first-order chi connectivity index (χ1) is 15.7. The molecule has 6 nitrogen and oxygen atoms in total. The highest BCUT2D eigenvalue weighted by Gasteiger charge is 2.55. The van der Waals surface area contributed by atoms with Gasteiger partial charge in [0.05, 0.1) is 11.9 Å². The van der Waals surface area contributed by atoms with Crippen molar-refractivity contribution >= 4 is 11.6 Å². The highest BCUT2D eigenvalue weighted by atomic mass is 16.5. The van der Waals surface area contributed by atoms with Gasteiger partial charge in [-0.1, -0.05) is 45.0 Å². The van der Waals surface area contributed by atoms with Crippen molar-refractivity contribution < 1.29 is 14.6 Å². The van der Waals surface area contributed by atoms with E-state index in [1.54, 1.807) is 19.5 Å². The van der Waals surface area contributed by atoms with Crippen molar-refractivity contribution in [3.05, 3.63) is 59.4 Å². The van der Waals surface area contributed by atoms with Gasteiger partial charge in [-0.3, -0.25) is 9.78 Å². The third kappa shape index (κ3) is 4.32. The first-order valence-electron chi connectivity index (χ1n) is 11.9. The number of methoxy groups -OCH3 is 1. The third-order valence-corrected chi connectivity index (χ3v) is 7.49. The lowest BCUT2D eigenvalue weighted by atomic mass is 9.62. The summed E-state index contributed by atoms with van der Waals surface area (Å²) in [6.45, 7) is 9.35. The topological polar surface area (TPSA) is 65.9 Å². The first kappa shape index (κ1) is 23.9. The van der Waals surface area contributed by atoms with Gasteiger partial charge in [-0.05, 0) is 42.5 Å². The summed E-state index contributed by atoms with van der Waals surface area (Å²) in [5, 5.41) is 12.4. The summed E-state index contributed by atoms with van der Waals surface area (Å²) in [6.07, 6.45) is 4.88. The van der Waals surface area contributed by atoms with Crippen molar-refractivity contribution in [3.63, 3.8) is 0 Å². The average Bonchev–Trinajstić information content (AvgIpc) is 3.16. The molecule has 2 saturated heterocycles. The second kappa shape index (κ2) is 9.16. The van der Waals surface area contributed by atoms with Crippen LogP contribution in [0.5, 0.6) is 0 Å². The molecule has 0 radical (unpaired) electrons. The molecule has 1 unspecified atom stereocenters. The molecule has 0 bridgehead atoms. The predicted molar refractivity (Wildman–Crippen MR) is 130 cm³/mol. The summed E-state index contributed by atoms with van der Waals surface area (Å²) in [4.78, 5) is 21.3. The number of hydrogen-bond donors (Lipinski definition) is 1. The SMILES string of the molecule is COCCC1CC(=O)N(c2cncc([C@@](O)(c3ccc(C(C)C)cc3)C3(C)CN(C)C3)c2)C1. The maximum absolute atomic E-state index is 12.8.